The van der Waals surface area contributed by atoms with Crippen molar-refractivity contribution in [1.29, 1.82) is 0 Å². The van der Waals surface area contributed by atoms with Gasteiger partial charge < -0.3 is 15.7 Å². The number of nitrogens with one attached hydrogen (secondary N) is 2. The van der Waals surface area contributed by atoms with Crippen LogP contribution in [0.5, 0.6) is 0 Å². The number of aliphatic hydroxyl groups excluding tert-OH is 1. The van der Waals surface area contributed by atoms with Crippen LogP contribution in [-0.2, 0) is 24.4 Å². The predicted molar refractivity (Wildman–Crippen MR) is 118 cm³/mol. The third-order valence-corrected chi connectivity index (χ3v) is 5.41. The number of benzene rings is 2. The van der Waals surface area contributed by atoms with E-state index in [0.29, 0.717) is 39.1 Å². The summed E-state index contributed by atoms with van der Waals surface area (Å²) in [4.78, 5) is 24.5. The molecule has 3 aromatic rings. The van der Waals surface area contributed by atoms with Crippen LogP contribution in [-0.4, -0.2) is 39.0 Å². The van der Waals surface area contributed by atoms with E-state index in [1.54, 1.807) is 35.0 Å². The topological polar surface area (TPSA) is 109 Å². The number of carbonyl (C=O) groups is 2. The lowest BCUT2D eigenvalue weighted by molar-refractivity contribution is -0.115. The highest BCUT2D eigenvalue weighted by Gasteiger charge is 2.15. The zero-order valence-corrected chi connectivity index (χ0v) is 18.5. The minimum absolute atomic E-state index is 0.00582. The Morgan fingerprint density at radius 3 is 2.55 bits per heavy atom. The number of anilines is 1. The number of rotatable bonds is 7. The van der Waals surface area contributed by atoms with Crippen LogP contribution in [0.4, 0.5) is 5.69 Å². The van der Waals surface area contributed by atoms with Gasteiger partial charge in [0.25, 0.3) is 5.91 Å². The van der Waals surface area contributed by atoms with Crippen LogP contribution in [0.2, 0.25) is 10.0 Å². The molecule has 1 heterocycles. The molecule has 0 saturated carbocycles. The smallest absolute Gasteiger partial charge is 0.251 e. The Labute approximate surface area is 189 Å². The van der Waals surface area contributed by atoms with Gasteiger partial charge >= 0.3 is 0 Å². The molecule has 0 bridgehead atoms. The molecule has 0 fully saturated rings. The molecular formula is C21H21Cl2N5O3. The van der Waals surface area contributed by atoms with Crippen molar-refractivity contribution in [2.45, 2.75) is 26.5 Å². The monoisotopic (exact) mass is 461 g/mol. The molecule has 0 radical (unpaired) electrons. The summed E-state index contributed by atoms with van der Waals surface area (Å²) < 4.78 is 1.68. The summed E-state index contributed by atoms with van der Waals surface area (Å²) in [5.41, 5.74) is 3.45. The normalized spacial score (nSPS) is 10.7. The fourth-order valence-corrected chi connectivity index (χ4v) is 3.33. The molecule has 0 saturated heterocycles. The van der Waals surface area contributed by atoms with Gasteiger partial charge in [-0.25, -0.2) is 4.68 Å². The van der Waals surface area contributed by atoms with E-state index in [1.165, 1.54) is 7.05 Å². The van der Waals surface area contributed by atoms with Crippen molar-refractivity contribution < 1.29 is 14.7 Å². The van der Waals surface area contributed by atoms with Crippen LogP contribution in [0.1, 0.15) is 32.9 Å². The molecule has 0 aliphatic carbocycles. The van der Waals surface area contributed by atoms with Gasteiger partial charge in [0.15, 0.2) is 0 Å². The first kappa shape index (κ1) is 22.7. The minimum atomic E-state index is -0.317. The van der Waals surface area contributed by atoms with Crippen molar-refractivity contribution in [1.82, 2.24) is 20.3 Å². The number of nitrogens with zero attached hydrogens (tertiary/aromatic N) is 3. The highest BCUT2D eigenvalue weighted by atomic mass is 35.5. The Balaban J connectivity index is 1.71. The minimum Gasteiger partial charge on any atom is -0.392 e. The lowest BCUT2D eigenvalue weighted by atomic mass is 10.1. The molecule has 2 aromatic carbocycles. The first-order valence-corrected chi connectivity index (χ1v) is 10.2. The molecule has 162 valence electrons. The molecule has 3 rings (SSSR count). The Morgan fingerprint density at radius 2 is 1.87 bits per heavy atom. The van der Waals surface area contributed by atoms with E-state index in [4.69, 9.17) is 23.2 Å². The van der Waals surface area contributed by atoms with Gasteiger partial charge in [0.1, 0.15) is 0 Å². The van der Waals surface area contributed by atoms with Crippen molar-refractivity contribution in [3.63, 3.8) is 0 Å². The molecule has 0 atom stereocenters. The predicted octanol–water partition coefficient (Wildman–Crippen LogP) is 2.97. The fraction of sp³-hybridized carbons (Fsp3) is 0.238. The maximum Gasteiger partial charge on any atom is 0.251 e. The number of hydrogen-bond acceptors (Lipinski definition) is 5. The second kappa shape index (κ2) is 9.91. The van der Waals surface area contributed by atoms with E-state index in [9.17, 15) is 14.7 Å². The van der Waals surface area contributed by atoms with Crippen molar-refractivity contribution in [2.75, 3.05) is 12.4 Å². The van der Waals surface area contributed by atoms with E-state index >= 15 is 0 Å². The van der Waals surface area contributed by atoms with Gasteiger partial charge in [0.05, 0.1) is 41.0 Å². The van der Waals surface area contributed by atoms with E-state index in [1.807, 2.05) is 13.0 Å². The summed E-state index contributed by atoms with van der Waals surface area (Å²) in [7, 11) is 1.51. The van der Waals surface area contributed by atoms with E-state index in [-0.39, 0.29) is 24.8 Å². The average molecular weight is 462 g/mol. The van der Waals surface area contributed by atoms with Crippen molar-refractivity contribution >= 4 is 40.7 Å². The molecular weight excluding hydrogens is 441 g/mol. The average Bonchev–Trinajstić information content (AvgIpc) is 3.08. The molecule has 2 amide bonds. The van der Waals surface area contributed by atoms with E-state index in [0.717, 1.165) is 11.3 Å². The van der Waals surface area contributed by atoms with Crippen LogP contribution in [0.25, 0.3) is 0 Å². The Kier molecular flexibility index (Phi) is 7.27. The van der Waals surface area contributed by atoms with Gasteiger partial charge in [-0.3, -0.25) is 9.59 Å². The fourth-order valence-electron chi connectivity index (χ4n) is 3.01. The summed E-state index contributed by atoms with van der Waals surface area (Å²) >= 11 is 12.0. The second-order valence-corrected chi connectivity index (χ2v) is 7.72. The quantitative estimate of drug-likeness (QED) is 0.500. The highest BCUT2D eigenvalue weighted by Crippen LogP contribution is 2.23. The Bertz CT molecular complexity index is 1130. The SMILES string of the molecule is CNC(=O)c1cc(CO)cc(NC(=O)Cc2nnn(Cc3ccc(Cl)c(Cl)c3)c2C)c1. The zero-order valence-electron chi connectivity index (χ0n) is 16.9. The second-order valence-electron chi connectivity index (χ2n) is 6.91. The van der Waals surface area contributed by atoms with Crippen LogP contribution in [0.15, 0.2) is 36.4 Å². The highest BCUT2D eigenvalue weighted by molar-refractivity contribution is 6.42. The summed E-state index contributed by atoms with van der Waals surface area (Å²) in [5.74, 6) is -0.630. The molecule has 0 aliphatic heterocycles. The molecule has 31 heavy (non-hydrogen) atoms. The number of amides is 2. The maximum atomic E-state index is 12.6. The van der Waals surface area contributed by atoms with Gasteiger partial charge in [-0.2, -0.15) is 0 Å². The Hall–Kier alpha value is -2.94. The number of hydrogen-bond donors (Lipinski definition) is 3. The third-order valence-electron chi connectivity index (χ3n) is 4.67. The van der Waals surface area contributed by atoms with Crippen LogP contribution < -0.4 is 10.6 Å². The van der Waals surface area contributed by atoms with E-state index in [2.05, 4.69) is 20.9 Å². The molecule has 3 N–H and O–H groups in total. The first-order chi connectivity index (χ1) is 14.8. The Morgan fingerprint density at radius 1 is 1.10 bits per heavy atom. The van der Waals surface area contributed by atoms with Crippen molar-refractivity contribution in [2.24, 2.45) is 0 Å². The molecule has 0 aliphatic rings. The number of carbonyl (C=O) groups excluding carboxylic acids is 2. The maximum absolute atomic E-state index is 12.6. The lowest BCUT2D eigenvalue weighted by Gasteiger charge is -2.09. The van der Waals surface area contributed by atoms with Gasteiger partial charge in [-0.1, -0.05) is 34.5 Å². The first-order valence-electron chi connectivity index (χ1n) is 9.40. The standard InChI is InChI=1S/C21H21Cl2N5O3/c1-12-19(26-27-28(12)10-13-3-4-17(22)18(23)7-13)9-20(30)25-16-6-14(11-29)5-15(8-16)21(31)24-2/h3-8,29H,9-11H2,1-2H3,(H,24,31)(H,25,30). The molecule has 1 aromatic heterocycles. The molecule has 0 spiro atoms. The van der Waals surface area contributed by atoms with Gasteiger partial charge in [0, 0.05) is 18.3 Å². The number of aliphatic hydroxyl groups is 1. The summed E-state index contributed by atoms with van der Waals surface area (Å²) in [5, 5.41) is 23.9. The summed E-state index contributed by atoms with van der Waals surface area (Å²) in [6, 6.07) is 10.0. The van der Waals surface area contributed by atoms with Crippen molar-refractivity contribution in [3.05, 3.63) is 74.5 Å². The van der Waals surface area contributed by atoms with Crippen LogP contribution >= 0.6 is 23.2 Å². The van der Waals surface area contributed by atoms with Crippen molar-refractivity contribution in [3.8, 4) is 0 Å². The van der Waals surface area contributed by atoms with E-state index < -0.39 is 0 Å². The summed E-state index contributed by atoms with van der Waals surface area (Å²) in [6.45, 7) is 2.01. The van der Waals surface area contributed by atoms with Gasteiger partial charge in [-0.15, -0.1) is 5.10 Å². The summed E-state index contributed by atoms with van der Waals surface area (Å²) in [6.07, 6.45) is 0.00582. The molecule has 8 nitrogen and oxygen atoms in total. The third kappa shape index (κ3) is 5.61. The van der Waals surface area contributed by atoms with Gasteiger partial charge in [0.2, 0.25) is 5.91 Å². The molecule has 0 unspecified atom stereocenters. The van der Waals surface area contributed by atoms with Crippen LogP contribution in [0, 0.1) is 6.92 Å². The van der Waals surface area contributed by atoms with Gasteiger partial charge in [-0.05, 0) is 48.4 Å². The molecule has 10 heteroatoms. The number of halogens is 2. The largest absolute Gasteiger partial charge is 0.392 e. The number of aromatic nitrogens is 3. The zero-order chi connectivity index (χ0) is 22.5. The van der Waals surface area contributed by atoms with Crippen LogP contribution in [0.3, 0.4) is 0 Å². The lowest BCUT2D eigenvalue weighted by Crippen LogP contribution is -2.19.